The number of hydrogen-bond acceptors (Lipinski definition) is 6. The van der Waals surface area contributed by atoms with Crippen LogP contribution in [0.4, 0.5) is 5.69 Å². The summed E-state index contributed by atoms with van der Waals surface area (Å²) >= 11 is 0. The van der Waals surface area contributed by atoms with Crippen molar-refractivity contribution in [1.29, 1.82) is 0 Å². The predicted molar refractivity (Wildman–Crippen MR) is 143 cm³/mol. The Balaban J connectivity index is 1.68. The van der Waals surface area contributed by atoms with Gasteiger partial charge in [-0.15, -0.1) is 0 Å². The standard InChI is InChI=1S/C29H29NO6/c1-5-15-36-23-8-6-7-20(16-23)12-14-28(32)30-24-13-11-21(17-25(24)31)9-10-22-18-26(33-2)29(35-4)27(19-22)34-3/h5-14,16-19,31H,1,15H2,2-4H3,(H,30,32)/b10-9?,14-12+. The Morgan fingerprint density at radius 2 is 1.58 bits per heavy atom. The van der Waals surface area contributed by atoms with Gasteiger partial charge < -0.3 is 29.4 Å². The first-order valence-electron chi connectivity index (χ1n) is 11.1. The number of rotatable bonds is 11. The van der Waals surface area contributed by atoms with E-state index in [-0.39, 0.29) is 11.7 Å². The van der Waals surface area contributed by atoms with Crippen LogP contribution < -0.4 is 24.3 Å². The number of methoxy groups -OCH3 is 3. The zero-order valence-corrected chi connectivity index (χ0v) is 20.5. The van der Waals surface area contributed by atoms with Crippen molar-refractivity contribution >= 4 is 29.8 Å². The smallest absolute Gasteiger partial charge is 0.248 e. The number of carbonyl (C=O) groups is 1. The van der Waals surface area contributed by atoms with E-state index in [9.17, 15) is 9.90 Å². The second kappa shape index (κ2) is 12.7. The van der Waals surface area contributed by atoms with Crippen LogP contribution in [0.5, 0.6) is 28.7 Å². The van der Waals surface area contributed by atoms with Gasteiger partial charge in [0.25, 0.3) is 0 Å². The number of phenols is 1. The van der Waals surface area contributed by atoms with E-state index < -0.39 is 0 Å². The lowest BCUT2D eigenvalue weighted by molar-refractivity contribution is -0.111. The first-order chi connectivity index (χ1) is 17.5. The van der Waals surface area contributed by atoms with Crippen LogP contribution in [0.25, 0.3) is 18.2 Å². The van der Waals surface area contributed by atoms with Crippen molar-refractivity contribution in [3.8, 4) is 28.7 Å². The molecule has 0 aliphatic rings. The maximum atomic E-state index is 12.4. The fourth-order valence-corrected chi connectivity index (χ4v) is 3.36. The molecule has 186 valence electrons. The van der Waals surface area contributed by atoms with Crippen molar-refractivity contribution in [2.45, 2.75) is 0 Å². The number of carbonyl (C=O) groups excluding carboxylic acids is 1. The molecule has 7 heteroatoms. The molecule has 0 aliphatic heterocycles. The topological polar surface area (TPSA) is 86.3 Å². The minimum absolute atomic E-state index is 0.0522. The van der Waals surface area contributed by atoms with E-state index in [2.05, 4.69) is 11.9 Å². The number of anilines is 1. The maximum Gasteiger partial charge on any atom is 0.248 e. The Morgan fingerprint density at radius 3 is 2.22 bits per heavy atom. The van der Waals surface area contributed by atoms with Crippen molar-refractivity contribution in [2.24, 2.45) is 0 Å². The summed E-state index contributed by atoms with van der Waals surface area (Å²) in [6.07, 6.45) is 8.41. The van der Waals surface area contributed by atoms with E-state index in [1.807, 2.05) is 48.6 Å². The van der Waals surface area contributed by atoms with Gasteiger partial charge in [0.1, 0.15) is 18.1 Å². The van der Waals surface area contributed by atoms with E-state index in [0.29, 0.717) is 35.3 Å². The minimum atomic E-state index is -0.372. The van der Waals surface area contributed by atoms with Gasteiger partial charge in [0.15, 0.2) is 11.5 Å². The summed E-state index contributed by atoms with van der Waals surface area (Å²) in [5.41, 5.74) is 2.68. The quantitative estimate of drug-likeness (QED) is 0.154. The molecule has 0 heterocycles. The Kier molecular flexibility index (Phi) is 9.17. The van der Waals surface area contributed by atoms with Crippen LogP contribution in [0.15, 0.2) is 73.3 Å². The molecule has 0 saturated heterocycles. The highest BCUT2D eigenvalue weighted by Gasteiger charge is 2.12. The van der Waals surface area contributed by atoms with Crippen molar-refractivity contribution in [3.05, 3.63) is 90.0 Å². The normalized spacial score (nSPS) is 10.9. The molecule has 1 amide bonds. The molecule has 0 aliphatic carbocycles. The third-order valence-corrected chi connectivity index (χ3v) is 5.09. The highest BCUT2D eigenvalue weighted by atomic mass is 16.5. The van der Waals surface area contributed by atoms with Gasteiger partial charge in [-0.2, -0.15) is 0 Å². The Hall–Kier alpha value is -4.65. The summed E-state index contributed by atoms with van der Waals surface area (Å²) in [5, 5.41) is 13.1. The van der Waals surface area contributed by atoms with Crippen LogP contribution in [0, 0.1) is 0 Å². The minimum Gasteiger partial charge on any atom is -0.506 e. The SMILES string of the molecule is C=CCOc1cccc(/C=C/C(=O)Nc2ccc(C=Cc3cc(OC)c(OC)c(OC)c3)cc2O)c1. The van der Waals surface area contributed by atoms with Gasteiger partial charge in [-0.1, -0.05) is 43.0 Å². The first kappa shape index (κ1) is 26.0. The Bertz CT molecular complexity index is 1250. The Morgan fingerprint density at radius 1 is 0.889 bits per heavy atom. The third-order valence-electron chi connectivity index (χ3n) is 5.09. The third kappa shape index (κ3) is 6.93. The molecule has 0 fully saturated rings. The maximum absolute atomic E-state index is 12.4. The van der Waals surface area contributed by atoms with Crippen LogP contribution in [-0.4, -0.2) is 38.9 Å². The summed E-state index contributed by atoms with van der Waals surface area (Å²) in [4.78, 5) is 12.4. The average Bonchev–Trinajstić information content (AvgIpc) is 2.90. The van der Waals surface area contributed by atoms with E-state index in [4.69, 9.17) is 18.9 Å². The van der Waals surface area contributed by atoms with Crippen molar-refractivity contribution in [2.75, 3.05) is 33.3 Å². The fraction of sp³-hybridized carbons (Fsp3) is 0.138. The molecule has 3 rings (SSSR count). The summed E-state index contributed by atoms with van der Waals surface area (Å²) in [5.74, 6) is 1.86. The second-order valence-corrected chi connectivity index (χ2v) is 7.56. The van der Waals surface area contributed by atoms with Gasteiger partial charge in [0, 0.05) is 6.08 Å². The van der Waals surface area contributed by atoms with Crippen LogP contribution >= 0.6 is 0 Å². The molecule has 36 heavy (non-hydrogen) atoms. The molecule has 0 spiro atoms. The first-order valence-corrected chi connectivity index (χ1v) is 11.1. The van der Waals surface area contributed by atoms with Crippen LogP contribution in [0.3, 0.4) is 0 Å². The molecule has 3 aromatic rings. The van der Waals surface area contributed by atoms with Crippen LogP contribution in [0.1, 0.15) is 16.7 Å². The molecule has 0 saturated carbocycles. The molecule has 2 N–H and O–H groups in total. The number of aromatic hydroxyl groups is 1. The zero-order valence-electron chi connectivity index (χ0n) is 20.5. The molecular weight excluding hydrogens is 458 g/mol. The summed E-state index contributed by atoms with van der Waals surface area (Å²) in [6, 6.07) is 16.0. The number of phenolic OH excluding ortho intramolecular Hbond substituents is 1. The van der Waals surface area contributed by atoms with Gasteiger partial charge in [-0.3, -0.25) is 4.79 Å². The summed E-state index contributed by atoms with van der Waals surface area (Å²) in [7, 11) is 4.66. The number of benzene rings is 3. The van der Waals surface area contributed by atoms with Gasteiger partial charge in [0.05, 0.1) is 27.0 Å². The lowest BCUT2D eigenvalue weighted by Crippen LogP contribution is -2.07. The van der Waals surface area contributed by atoms with E-state index in [1.54, 1.807) is 51.7 Å². The largest absolute Gasteiger partial charge is 0.506 e. The highest BCUT2D eigenvalue weighted by Crippen LogP contribution is 2.38. The molecule has 7 nitrogen and oxygen atoms in total. The van der Waals surface area contributed by atoms with Gasteiger partial charge >= 0.3 is 0 Å². The summed E-state index contributed by atoms with van der Waals surface area (Å²) < 4.78 is 21.6. The van der Waals surface area contributed by atoms with E-state index in [0.717, 1.165) is 16.7 Å². The van der Waals surface area contributed by atoms with Crippen molar-refractivity contribution in [1.82, 2.24) is 0 Å². The number of nitrogens with one attached hydrogen (secondary N) is 1. The zero-order chi connectivity index (χ0) is 25.9. The van der Waals surface area contributed by atoms with E-state index >= 15 is 0 Å². The molecule has 0 atom stereocenters. The van der Waals surface area contributed by atoms with Crippen LogP contribution in [0.2, 0.25) is 0 Å². The van der Waals surface area contributed by atoms with Gasteiger partial charge in [-0.05, 0) is 59.2 Å². The van der Waals surface area contributed by atoms with Crippen molar-refractivity contribution in [3.63, 3.8) is 0 Å². The van der Waals surface area contributed by atoms with Crippen LogP contribution in [-0.2, 0) is 4.79 Å². The lowest BCUT2D eigenvalue weighted by Gasteiger charge is -2.12. The molecule has 0 aromatic heterocycles. The lowest BCUT2D eigenvalue weighted by atomic mass is 10.1. The van der Waals surface area contributed by atoms with Gasteiger partial charge in [0.2, 0.25) is 11.7 Å². The highest BCUT2D eigenvalue weighted by molar-refractivity contribution is 6.02. The fourth-order valence-electron chi connectivity index (χ4n) is 3.36. The average molecular weight is 488 g/mol. The predicted octanol–water partition coefficient (Wildman–Crippen LogP) is 5.81. The number of hydrogen-bond donors (Lipinski definition) is 2. The monoisotopic (exact) mass is 487 g/mol. The van der Waals surface area contributed by atoms with Crippen molar-refractivity contribution < 1.29 is 28.8 Å². The Labute approximate surface area is 210 Å². The molecular formula is C29H29NO6. The summed E-state index contributed by atoms with van der Waals surface area (Å²) in [6.45, 7) is 4.03. The molecule has 0 unspecified atom stereocenters. The molecule has 0 bridgehead atoms. The van der Waals surface area contributed by atoms with E-state index in [1.165, 1.54) is 6.08 Å². The molecule has 3 aromatic carbocycles. The molecule has 0 radical (unpaired) electrons. The number of amides is 1. The second-order valence-electron chi connectivity index (χ2n) is 7.56. The number of ether oxygens (including phenoxy) is 4. The van der Waals surface area contributed by atoms with Gasteiger partial charge in [-0.25, -0.2) is 0 Å².